The topological polar surface area (TPSA) is 40.5 Å². The van der Waals surface area contributed by atoms with E-state index >= 15 is 0 Å². The number of halogens is 1. The number of rotatable bonds is 5. The predicted octanol–water partition coefficient (Wildman–Crippen LogP) is 3.84. The smallest absolute Gasteiger partial charge is 0.317 e. The van der Waals surface area contributed by atoms with Crippen molar-refractivity contribution in [3.8, 4) is 0 Å². The minimum Gasteiger partial charge on any atom is -0.480 e. The highest BCUT2D eigenvalue weighted by Gasteiger charge is 2.28. The fourth-order valence-electron chi connectivity index (χ4n) is 2.91. The Labute approximate surface area is 122 Å². The van der Waals surface area contributed by atoms with Gasteiger partial charge in [0.2, 0.25) is 0 Å². The third kappa shape index (κ3) is 3.80. The van der Waals surface area contributed by atoms with Crippen molar-refractivity contribution in [2.75, 3.05) is 6.54 Å². The molecule has 0 aromatic heterocycles. The number of nitrogens with zero attached hydrogens (tertiary/aromatic N) is 1. The third-order valence-corrected chi connectivity index (χ3v) is 4.49. The molecule has 1 saturated carbocycles. The average molecular weight is 326 g/mol. The van der Waals surface area contributed by atoms with Gasteiger partial charge in [0.1, 0.15) is 0 Å². The van der Waals surface area contributed by atoms with Crippen LogP contribution in [0.1, 0.15) is 44.2 Å². The SMILES string of the molecule is CC(c1ccc(Br)cc1)N(CC(=O)O)C1CCCC1. The first-order valence-electron chi connectivity index (χ1n) is 6.81. The maximum atomic E-state index is 11.1. The van der Waals surface area contributed by atoms with Crippen molar-refractivity contribution in [1.82, 2.24) is 4.90 Å². The summed E-state index contributed by atoms with van der Waals surface area (Å²) in [4.78, 5) is 13.2. The van der Waals surface area contributed by atoms with Crippen LogP contribution in [0.5, 0.6) is 0 Å². The van der Waals surface area contributed by atoms with Crippen molar-refractivity contribution in [1.29, 1.82) is 0 Å². The Kier molecular flexibility index (Phi) is 4.99. The van der Waals surface area contributed by atoms with E-state index in [0.717, 1.165) is 17.3 Å². The van der Waals surface area contributed by atoms with Crippen LogP contribution in [0.4, 0.5) is 0 Å². The van der Waals surface area contributed by atoms with Gasteiger partial charge in [0.05, 0.1) is 6.54 Å². The molecule has 104 valence electrons. The van der Waals surface area contributed by atoms with Crippen LogP contribution in [-0.2, 0) is 4.79 Å². The standard InChI is InChI=1S/C15H20BrNO2/c1-11(12-6-8-13(16)9-7-12)17(10-15(18)19)14-4-2-3-5-14/h6-9,11,14H,2-5,10H2,1H3,(H,18,19). The molecule has 1 aromatic rings. The second-order valence-electron chi connectivity index (χ2n) is 5.23. The van der Waals surface area contributed by atoms with Crippen molar-refractivity contribution in [2.24, 2.45) is 0 Å². The summed E-state index contributed by atoms with van der Waals surface area (Å²) in [6.07, 6.45) is 4.67. The van der Waals surface area contributed by atoms with E-state index in [2.05, 4.69) is 39.9 Å². The van der Waals surface area contributed by atoms with Crippen molar-refractivity contribution in [3.05, 3.63) is 34.3 Å². The number of hydrogen-bond donors (Lipinski definition) is 1. The second kappa shape index (κ2) is 6.53. The molecular formula is C15H20BrNO2. The van der Waals surface area contributed by atoms with Gasteiger partial charge < -0.3 is 5.11 Å². The van der Waals surface area contributed by atoms with E-state index in [4.69, 9.17) is 5.11 Å². The molecule has 1 aromatic carbocycles. The lowest BCUT2D eigenvalue weighted by Gasteiger charge is -2.33. The molecular weight excluding hydrogens is 306 g/mol. The zero-order valence-electron chi connectivity index (χ0n) is 11.2. The average Bonchev–Trinajstić information content (AvgIpc) is 2.89. The lowest BCUT2D eigenvalue weighted by atomic mass is 10.0. The number of aliphatic carboxylic acids is 1. The zero-order chi connectivity index (χ0) is 13.8. The number of carboxylic acids is 1. The number of carboxylic acid groups (broad SMARTS) is 1. The molecule has 1 unspecified atom stereocenters. The highest BCUT2D eigenvalue weighted by Crippen LogP contribution is 2.31. The molecule has 1 aliphatic rings. The van der Waals surface area contributed by atoms with Crippen molar-refractivity contribution >= 4 is 21.9 Å². The van der Waals surface area contributed by atoms with Crippen LogP contribution in [0.15, 0.2) is 28.7 Å². The molecule has 0 radical (unpaired) electrons. The molecule has 0 aliphatic heterocycles. The molecule has 0 bridgehead atoms. The van der Waals surface area contributed by atoms with Gasteiger partial charge in [-0.25, -0.2) is 0 Å². The molecule has 0 amide bonds. The number of hydrogen-bond acceptors (Lipinski definition) is 2. The summed E-state index contributed by atoms with van der Waals surface area (Å²) in [6.45, 7) is 2.23. The van der Waals surface area contributed by atoms with Gasteiger partial charge in [-0.15, -0.1) is 0 Å². The van der Waals surface area contributed by atoms with Crippen LogP contribution < -0.4 is 0 Å². The van der Waals surface area contributed by atoms with Crippen LogP contribution in [0, 0.1) is 0 Å². The highest BCUT2D eigenvalue weighted by molar-refractivity contribution is 9.10. The quantitative estimate of drug-likeness (QED) is 0.894. The molecule has 1 atom stereocenters. The Balaban J connectivity index is 2.16. The van der Waals surface area contributed by atoms with E-state index in [1.54, 1.807) is 0 Å². The first-order valence-corrected chi connectivity index (χ1v) is 7.60. The summed E-state index contributed by atoms with van der Waals surface area (Å²) in [5.41, 5.74) is 1.18. The summed E-state index contributed by atoms with van der Waals surface area (Å²) in [5, 5.41) is 9.13. The van der Waals surface area contributed by atoms with E-state index in [1.165, 1.54) is 18.4 Å². The summed E-state index contributed by atoms with van der Waals surface area (Å²) in [7, 11) is 0. The molecule has 2 rings (SSSR count). The molecule has 0 spiro atoms. The molecule has 19 heavy (non-hydrogen) atoms. The van der Waals surface area contributed by atoms with Gasteiger partial charge in [0.15, 0.2) is 0 Å². The Bertz CT molecular complexity index is 426. The number of benzene rings is 1. The predicted molar refractivity (Wildman–Crippen MR) is 79.2 cm³/mol. The molecule has 4 heteroatoms. The zero-order valence-corrected chi connectivity index (χ0v) is 12.8. The normalized spacial score (nSPS) is 17.8. The molecule has 0 heterocycles. The van der Waals surface area contributed by atoms with Crippen molar-refractivity contribution in [2.45, 2.75) is 44.7 Å². The van der Waals surface area contributed by atoms with E-state index in [9.17, 15) is 4.79 Å². The molecule has 1 fully saturated rings. The Morgan fingerprint density at radius 2 is 1.95 bits per heavy atom. The Morgan fingerprint density at radius 3 is 2.47 bits per heavy atom. The van der Waals surface area contributed by atoms with Crippen LogP contribution in [0.2, 0.25) is 0 Å². The Morgan fingerprint density at radius 1 is 1.37 bits per heavy atom. The minimum atomic E-state index is -0.740. The van der Waals surface area contributed by atoms with Crippen LogP contribution in [-0.4, -0.2) is 28.6 Å². The molecule has 3 nitrogen and oxygen atoms in total. The third-order valence-electron chi connectivity index (χ3n) is 3.96. The van der Waals surface area contributed by atoms with E-state index in [1.807, 2.05) is 12.1 Å². The Hall–Kier alpha value is -0.870. The van der Waals surface area contributed by atoms with Gasteiger partial charge in [0, 0.05) is 16.6 Å². The fraction of sp³-hybridized carbons (Fsp3) is 0.533. The first-order chi connectivity index (χ1) is 9.08. The highest BCUT2D eigenvalue weighted by atomic mass is 79.9. The van der Waals surface area contributed by atoms with Gasteiger partial charge in [-0.3, -0.25) is 9.69 Å². The lowest BCUT2D eigenvalue weighted by molar-refractivity contribution is -0.139. The maximum absolute atomic E-state index is 11.1. The van der Waals surface area contributed by atoms with Gasteiger partial charge in [-0.1, -0.05) is 40.9 Å². The summed E-state index contributed by atoms with van der Waals surface area (Å²) in [5.74, 6) is -0.740. The van der Waals surface area contributed by atoms with Gasteiger partial charge in [-0.2, -0.15) is 0 Å². The summed E-state index contributed by atoms with van der Waals surface area (Å²) >= 11 is 3.43. The summed E-state index contributed by atoms with van der Waals surface area (Å²) < 4.78 is 1.05. The molecule has 1 aliphatic carbocycles. The van der Waals surface area contributed by atoms with Crippen molar-refractivity contribution < 1.29 is 9.90 Å². The van der Waals surface area contributed by atoms with Crippen LogP contribution in [0.25, 0.3) is 0 Å². The van der Waals surface area contributed by atoms with Gasteiger partial charge in [0.25, 0.3) is 0 Å². The maximum Gasteiger partial charge on any atom is 0.317 e. The number of carbonyl (C=O) groups is 1. The monoisotopic (exact) mass is 325 g/mol. The van der Waals surface area contributed by atoms with E-state index in [-0.39, 0.29) is 12.6 Å². The first kappa shape index (κ1) is 14.5. The largest absolute Gasteiger partial charge is 0.480 e. The molecule has 0 saturated heterocycles. The van der Waals surface area contributed by atoms with Crippen LogP contribution >= 0.6 is 15.9 Å². The van der Waals surface area contributed by atoms with E-state index in [0.29, 0.717) is 6.04 Å². The second-order valence-corrected chi connectivity index (χ2v) is 6.15. The van der Waals surface area contributed by atoms with Crippen molar-refractivity contribution in [3.63, 3.8) is 0 Å². The molecule has 1 N–H and O–H groups in total. The minimum absolute atomic E-state index is 0.127. The van der Waals surface area contributed by atoms with Crippen LogP contribution in [0.3, 0.4) is 0 Å². The van der Waals surface area contributed by atoms with Gasteiger partial charge >= 0.3 is 5.97 Å². The lowest BCUT2D eigenvalue weighted by Crippen LogP contribution is -2.39. The van der Waals surface area contributed by atoms with E-state index < -0.39 is 5.97 Å². The fourth-order valence-corrected chi connectivity index (χ4v) is 3.17. The van der Waals surface area contributed by atoms with Gasteiger partial charge in [-0.05, 0) is 37.5 Å². The summed E-state index contributed by atoms with van der Waals surface area (Å²) in [6, 6.07) is 8.72.